The van der Waals surface area contributed by atoms with Gasteiger partial charge in [-0.3, -0.25) is 4.79 Å². The first kappa shape index (κ1) is 17.0. The quantitative estimate of drug-likeness (QED) is 0.600. The highest BCUT2D eigenvalue weighted by Gasteiger charge is 2.11. The molecule has 0 unspecified atom stereocenters. The molecule has 120 valence electrons. The zero-order valence-corrected chi connectivity index (χ0v) is 14.5. The van der Waals surface area contributed by atoms with Crippen LogP contribution >= 0.6 is 15.9 Å². The molecule has 0 aliphatic heterocycles. The maximum absolute atomic E-state index is 12.0. The minimum Gasteiger partial charge on any atom is -0.497 e. The number of halogens is 1. The average molecular weight is 376 g/mol. The molecule has 0 aliphatic rings. The minimum atomic E-state index is -0.399. The number of anilines is 1. The highest BCUT2D eigenvalue weighted by Crippen LogP contribution is 2.14. The third kappa shape index (κ3) is 5.41. The van der Waals surface area contributed by atoms with Crippen LogP contribution in [0.1, 0.15) is 12.5 Å². The molecule has 6 heteroatoms. The summed E-state index contributed by atoms with van der Waals surface area (Å²) < 4.78 is 6.07. The van der Waals surface area contributed by atoms with Gasteiger partial charge in [-0.1, -0.05) is 15.9 Å². The van der Waals surface area contributed by atoms with Crippen LogP contribution in [0.25, 0.3) is 0 Å². The highest BCUT2D eigenvalue weighted by atomic mass is 79.9. The van der Waals surface area contributed by atoms with Crippen LogP contribution in [0.15, 0.2) is 58.1 Å². The van der Waals surface area contributed by atoms with E-state index in [0.717, 1.165) is 21.5 Å². The van der Waals surface area contributed by atoms with Crippen molar-refractivity contribution in [1.29, 1.82) is 0 Å². The molecule has 0 bridgehead atoms. The largest absolute Gasteiger partial charge is 0.497 e. The fourth-order valence-electron chi connectivity index (χ4n) is 1.82. The zero-order chi connectivity index (χ0) is 16.7. The standard InChI is InChI=1S/C17H18BrN3O2/c1-12(20-15-7-5-14(18)6-8-15)17(22)21-19-11-13-3-9-16(23-2)10-4-13/h3-12,20H,1-2H3,(H,21,22)/b19-11-/t12-/m1/s1. The van der Waals surface area contributed by atoms with E-state index < -0.39 is 6.04 Å². The van der Waals surface area contributed by atoms with Crippen molar-refractivity contribution in [3.8, 4) is 5.75 Å². The van der Waals surface area contributed by atoms with Crippen molar-refractivity contribution in [2.45, 2.75) is 13.0 Å². The lowest BCUT2D eigenvalue weighted by atomic mass is 10.2. The van der Waals surface area contributed by atoms with Gasteiger partial charge in [-0.05, 0) is 61.0 Å². The van der Waals surface area contributed by atoms with Gasteiger partial charge in [0.1, 0.15) is 11.8 Å². The van der Waals surface area contributed by atoms with Gasteiger partial charge >= 0.3 is 0 Å². The van der Waals surface area contributed by atoms with Crippen LogP contribution in [-0.4, -0.2) is 25.3 Å². The van der Waals surface area contributed by atoms with Crippen molar-refractivity contribution in [2.24, 2.45) is 5.10 Å². The Hall–Kier alpha value is -2.34. The number of hydrazone groups is 1. The summed E-state index contributed by atoms with van der Waals surface area (Å²) in [5.41, 5.74) is 4.26. The van der Waals surface area contributed by atoms with Crippen molar-refractivity contribution in [2.75, 3.05) is 12.4 Å². The summed E-state index contributed by atoms with van der Waals surface area (Å²) in [6, 6.07) is 14.6. The monoisotopic (exact) mass is 375 g/mol. The second kappa shape index (κ2) is 8.33. The Kier molecular flexibility index (Phi) is 6.17. The number of nitrogens with one attached hydrogen (secondary N) is 2. The number of carbonyl (C=O) groups excluding carboxylic acids is 1. The summed E-state index contributed by atoms with van der Waals surface area (Å²) in [6.07, 6.45) is 1.59. The molecule has 0 fully saturated rings. The summed E-state index contributed by atoms with van der Waals surface area (Å²) in [4.78, 5) is 12.0. The van der Waals surface area contributed by atoms with Gasteiger partial charge < -0.3 is 10.1 Å². The molecule has 0 heterocycles. The molecule has 1 atom stereocenters. The topological polar surface area (TPSA) is 62.7 Å². The summed E-state index contributed by atoms with van der Waals surface area (Å²) in [5.74, 6) is 0.566. The Bertz CT molecular complexity index is 669. The van der Waals surface area contributed by atoms with Gasteiger partial charge in [0.15, 0.2) is 0 Å². The number of carbonyl (C=O) groups is 1. The van der Waals surface area contributed by atoms with Gasteiger partial charge in [-0.2, -0.15) is 5.10 Å². The Labute approximate surface area is 143 Å². The zero-order valence-electron chi connectivity index (χ0n) is 12.9. The molecule has 2 N–H and O–H groups in total. The van der Waals surface area contributed by atoms with Crippen LogP contribution in [0.3, 0.4) is 0 Å². The van der Waals surface area contributed by atoms with Crippen LogP contribution in [-0.2, 0) is 4.79 Å². The number of rotatable bonds is 6. The van der Waals surface area contributed by atoms with E-state index in [0.29, 0.717) is 0 Å². The van der Waals surface area contributed by atoms with Gasteiger partial charge in [0.2, 0.25) is 0 Å². The van der Waals surface area contributed by atoms with Gasteiger partial charge in [-0.15, -0.1) is 0 Å². The van der Waals surface area contributed by atoms with Crippen LogP contribution in [0.2, 0.25) is 0 Å². The van der Waals surface area contributed by atoms with E-state index in [1.54, 1.807) is 20.2 Å². The second-order valence-electron chi connectivity index (χ2n) is 4.88. The molecule has 0 aliphatic carbocycles. The number of amides is 1. The smallest absolute Gasteiger partial charge is 0.262 e. The maximum atomic E-state index is 12.0. The van der Waals surface area contributed by atoms with Gasteiger partial charge in [0.05, 0.1) is 13.3 Å². The molecule has 2 aromatic rings. The van der Waals surface area contributed by atoms with E-state index in [1.165, 1.54) is 0 Å². The fourth-order valence-corrected chi connectivity index (χ4v) is 2.08. The molecular weight excluding hydrogens is 358 g/mol. The number of benzene rings is 2. The van der Waals surface area contributed by atoms with Gasteiger partial charge in [0, 0.05) is 10.2 Å². The third-order valence-corrected chi connectivity index (χ3v) is 3.65. The molecule has 1 amide bonds. The molecule has 0 aromatic heterocycles. The van der Waals surface area contributed by atoms with Crippen molar-refractivity contribution < 1.29 is 9.53 Å². The first-order valence-electron chi connectivity index (χ1n) is 7.07. The number of methoxy groups -OCH3 is 1. The molecule has 0 saturated carbocycles. The molecular formula is C17H18BrN3O2. The second-order valence-corrected chi connectivity index (χ2v) is 5.80. The van der Waals surface area contributed by atoms with Crippen LogP contribution in [0.4, 0.5) is 5.69 Å². The van der Waals surface area contributed by atoms with Crippen molar-refractivity contribution in [1.82, 2.24) is 5.43 Å². The summed E-state index contributed by atoms with van der Waals surface area (Å²) in [7, 11) is 1.61. The maximum Gasteiger partial charge on any atom is 0.262 e. The predicted molar refractivity (Wildman–Crippen MR) is 96.0 cm³/mol. The molecule has 5 nitrogen and oxygen atoms in total. The first-order chi connectivity index (χ1) is 11.1. The SMILES string of the molecule is COc1ccc(/C=N\NC(=O)[C@@H](C)Nc2ccc(Br)cc2)cc1. The average Bonchev–Trinajstić information content (AvgIpc) is 2.57. The molecule has 23 heavy (non-hydrogen) atoms. The van der Waals surface area contributed by atoms with E-state index in [2.05, 4.69) is 31.8 Å². The lowest BCUT2D eigenvalue weighted by Gasteiger charge is -2.13. The number of hydrogen-bond acceptors (Lipinski definition) is 4. The van der Waals surface area contributed by atoms with Crippen LogP contribution in [0.5, 0.6) is 5.75 Å². The summed E-state index contributed by atoms with van der Waals surface area (Å²) in [5, 5.41) is 7.07. The number of hydrogen-bond donors (Lipinski definition) is 2. The van der Waals surface area contributed by atoms with Crippen LogP contribution < -0.4 is 15.5 Å². The van der Waals surface area contributed by atoms with E-state index in [4.69, 9.17) is 4.74 Å². The fraction of sp³-hybridized carbons (Fsp3) is 0.176. The molecule has 2 rings (SSSR count). The number of ether oxygens (including phenoxy) is 1. The van der Waals surface area contributed by atoms with E-state index in [9.17, 15) is 4.79 Å². The normalized spacial score (nSPS) is 12.0. The summed E-state index contributed by atoms with van der Waals surface area (Å²) in [6.45, 7) is 1.78. The summed E-state index contributed by atoms with van der Waals surface area (Å²) >= 11 is 3.37. The Balaban J connectivity index is 1.85. The highest BCUT2D eigenvalue weighted by molar-refractivity contribution is 9.10. The molecule has 0 saturated heterocycles. The Morgan fingerprint density at radius 1 is 1.17 bits per heavy atom. The molecule has 2 aromatic carbocycles. The van der Waals surface area contributed by atoms with Crippen molar-refractivity contribution in [3.05, 3.63) is 58.6 Å². The predicted octanol–water partition coefficient (Wildman–Crippen LogP) is 3.41. The van der Waals surface area contributed by atoms with E-state index in [-0.39, 0.29) is 5.91 Å². The molecule has 0 spiro atoms. The van der Waals surface area contributed by atoms with Gasteiger partial charge in [0.25, 0.3) is 5.91 Å². The Morgan fingerprint density at radius 2 is 1.83 bits per heavy atom. The number of nitrogens with zero attached hydrogens (tertiary/aromatic N) is 1. The van der Waals surface area contributed by atoms with E-state index >= 15 is 0 Å². The molecule has 0 radical (unpaired) electrons. The van der Waals surface area contributed by atoms with E-state index in [1.807, 2.05) is 48.5 Å². The minimum absolute atomic E-state index is 0.210. The van der Waals surface area contributed by atoms with Crippen molar-refractivity contribution >= 4 is 33.7 Å². The van der Waals surface area contributed by atoms with Gasteiger partial charge in [-0.25, -0.2) is 5.43 Å². The van der Waals surface area contributed by atoms with Crippen molar-refractivity contribution in [3.63, 3.8) is 0 Å². The third-order valence-electron chi connectivity index (χ3n) is 3.12. The lowest BCUT2D eigenvalue weighted by Crippen LogP contribution is -2.34. The van der Waals surface area contributed by atoms with Crippen LogP contribution in [0, 0.1) is 0 Å². The first-order valence-corrected chi connectivity index (χ1v) is 7.87. The Morgan fingerprint density at radius 3 is 2.43 bits per heavy atom. The lowest BCUT2D eigenvalue weighted by molar-refractivity contribution is -0.121.